The molecule has 1 saturated heterocycles. The molecular weight excluding hydrogens is 312 g/mol. The molecule has 2 aliphatic rings. The quantitative estimate of drug-likeness (QED) is 0.648. The highest BCUT2D eigenvalue weighted by molar-refractivity contribution is 5.88. The third kappa shape index (κ3) is 3.88. The lowest BCUT2D eigenvalue weighted by molar-refractivity contribution is -0.151. The van der Waals surface area contributed by atoms with Gasteiger partial charge in [0.25, 0.3) is 0 Å². The van der Waals surface area contributed by atoms with Gasteiger partial charge in [0.05, 0.1) is 6.04 Å². The Hall–Kier alpha value is -1.63. The van der Waals surface area contributed by atoms with E-state index in [-0.39, 0.29) is 17.9 Å². The first-order valence-corrected chi connectivity index (χ1v) is 8.90. The van der Waals surface area contributed by atoms with Gasteiger partial charge >= 0.3 is 11.9 Å². The van der Waals surface area contributed by atoms with Crippen LogP contribution in [0.15, 0.2) is 0 Å². The lowest BCUT2D eigenvalue weighted by Crippen LogP contribution is -2.55. The molecule has 0 aromatic heterocycles. The van der Waals surface area contributed by atoms with Crippen molar-refractivity contribution >= 4 is 17.8 Å². The van der Waals surface area contributed by atoms with Crippen LogP contribution in [0, 0.1) is 5.92 Å². The van der Waals surface area contributed by atoms with E-state index >= 15 is 0 Å². The monoisotopic (exact) mass is 340 g/mol. The normalized spacial score (nSPS) is 28.9. The van der Waals surface area contributed by atoms with Crippen molar-refractivity contribution < 1.29 is 24.6 Å². The molecule has 1 aliphatic heterocycles. The van der Waals surface area contributed by atoms with Gasteiger partial charge in [0, 0.05) is 6.04 Å². The molecule has 136 valence electrons. The SMILES string of the molecule is CCCC(N[C@@H](C)C(=O)N1C(C(=O)O)CC2CCCCC21)C(=O)O. The summed E-state index contributed by atoms with van der Waals surface area (Å²) in [6.07, 6.45) is 5.53. The number of aliphatic carboxylic acids is 2. The van der Waals surface area contributed by atoms with E-state index in [1.807, 2.05) is 6.92 Å². The predicted octanol–water partition coefficient (Wildman–Crippen LogP) is 1.46. The number of carbonyl (C=O) groups excluding carboxylic acids is 1. The molecular formula is C17H28N2O5. The zero-order valence-corrected chi connectivity index (χ0v) is 14.4. The molecule has 0 bridgehead atoms. The van der Waals surface area contributed by atoms with E-state index in [1.165, 1.54) is 4.90 Å². The first kappa shape index (κ1) is 18.7. The van der Waals surface area contributed by atoms with Gasteiger partial charge in [0.1, 0.15) is 12.1 Å². The number of hydrogen-bond acceptors (Lipinski definition) is 4. The second-order valence-electron chi connectivity index (χ2n) is 7.01. The number of nitrogens with one attached hydrogen (secondary N) is 1. The Kier molecular flexibility index (Phi) is 6.21. The number of amides is 1. The van der Waals surface area contributed by atoms with Gasteiger partial charge in [-0.25, -0.2) is 4.79 Å². The number of nitrogens with zero attached hydrogens (tertiary/aromatic N) is 1. The van der Waals surface area contributed by atoms with Crippen molar-refractivity contribution in [3.8, 4) is 0 Å². The molecule has 5 atom stereocenters. The summed E-state index contributed by atoms with van der Waals surface area (Å²) in [6, 6.07) is -2.31. The van der Waals surface area contributed by atoms with Crippen LogP contribution in [0.5, 0.6) is 0 Å². The number of fused-ring (bicyclic) bond motifs is 1. The number of carbonyl (C=O) groups is 3. The van der Waals surface area contributed by atoms with E-state index in [0.717, 1.165) is 25.7 Å². The molecule has 2 rings (SSSR count). The van der Waals surface area contributed by atoms with Gasteiger partial charge in [0.15, 0.2) is 0 Å². The first-order valence-electron chi connectivity index (χ1n) is 8.90. The van der Waals surface area contributed by atoms with E-state index in [2.05, 4.69) is 5.32 Å². The summed E-state index contributed by atoms with van der Waals surface area (Å²) in [7, 11) is 0. The largest absolute Gasteiger partial charge is 0.480 e. The minimum atomic E-state index is -0.983. The molecule has 0 radical (unpaired) electrons. The second-order valence-corrected chi connectivity index (χ2v) is 7.01. The summed E-state index contributed by atoms with van der Waals surface area (Å²) in [6.45, 7) is 3.51. The third-order valence-electron chi connectivity index (χ3n) is 5.32. The van der Waals surface area contributed by atoms with E-state index in [0.29, 0.717) is 19.3 Å². The zero-order chi connectivity index (χ0) is 17.9. The summed E-state index contributed by atoms with van der Waals surface area (Å²) >= 11 is 0. The molecule has 1 aliphatic carbocycles. The maximum Gasteiger partial charge on any atom is 0.326 e. The van der Waals surface area contributed by atoms with E-state index in [4.69, 9.17) is 0 Å². The lowest BCUT2D eigenvalue weighted by Gasteiger charge is -2.35. The highest BCUT2D eigenvalue weighted by atomic mass is 16.4. The van der Waals surface area contributed by atoms with Crippen molar-refractivity contribution in [3.05, 3.63) is 0 Å². The topological polar surface area (TPSA) is 107 Å². The smallest absolute Gasteiger partial charge is 0.326 e. The van der Waals surface area contributed by atoms with Gasteiger partial charge in [-0.1, -0.05) is 26.2 Å². The van der Waals surface area contributed by atoms with Crippen LogP contribution in [-0.2, 0) is 14.4 Å². The number of likely N-dealkylation sites (tertiary alicyclic amines) is 1. The van der Waals surface area contributed by atoms with E-state index < -0.39 is 30.1 Å². The van der Waals surface area contributed by atoms with Gasteiger partial charge in [0.2, 0.25) is 5.91 Å². The van der Waals surface area contributed by atoms with Gasteiger partial charge in [-0.2, -0.15) is 0 Å². The average Bonchev–Trinajstić information content (AvgIpc) is 2.93. The van der Waals surface area contributed by atoms with E-state index in [1.54, 1.807) is 6.92 Å². The van der Waals surface area contributed by atoms with Crippen molar-refractivity contribution in [2.24, 2.45) is 5.92 Å². The average molecular weight is 340 g/mol. The number of hydrogen-bond donors (Lipinski definition) is 3. The molecule has 1 amide bonds. The summed E-state index contributed by atoms with van der Waals surface area (Å²) in [5, 5.41) is 21.6. The van der Waals surface area contributed by atoms with E-state index in [9.17, 15) is 24.6 Å². The molecule has 0 spiro atoms. The molecule has 4 unspecified atom stereocenters. The molecule has 0 aromatic carbocycles. The van der Waals surface area contributed by atoms with Crippen molar-refractivity contribution in [1.29, 1.82) is 0 Å². The zero-order valence-electron chi connectivity index (χ0n) is 14.4. The number of carboxylic acids is 2. The highest BCUT2D eigenvalue weighted by Gasteiger charge is 2.48. The Labute approximate surface area is 142 Å². The predicted molar refractivity (Wildman–Crippen MR) is 87.6 cm³/mol. The molecule has 0 aromatic rings. The standard InChI is InChI=1S/C17H28N2O5/c1-3-6-12(16(21)22)18-10(2)15(20)19-13-8-5-4-7-11(13)9-14(19)17(23)24/h10-14,18H,3-9H2,1-2H3,(H,21,22)(H,23,24)/t10-,11?,12?,13?,14?/m0/s1. The molecule has 1 heterocycles. The number of rotatable bonds is 7. The van der Waals surface area contributed by atoms with Crippen LogP contribution in [-0.4, -0.2) is 57.1 Å². The second kappa shape index (κ2) is 7.96. The Morgan fingerprint density at radius 3 is 2.46 bits per heavy atom. The van der Waals surface area contributed by atoms with Gasteiger partial charge in [-0.05, 0) is 38.5 Å². The van der Waals surface area contributed by atoms with Gasteiger partial charge in [-0.3, -0.25) is 14.9 Å². The Balaban J connectivity index is 2.12. The van der Waals surface area contributed by atoms with Gasteiger partial charge in [-0.15, -0.1) is 0 Å². The van der Waals surface area contributed by atoms with Crippen LogP contribution in [0.1, 0.15) is 58.8 Å². The van der Waals surface area contributed by atoms with Crippen LogP contribution in [0.4, 0.5) is 0 Å². The maximum absolute atomic E-state index is 12.9. The molecule has 1 saturated carbocycles. The molecule has 3 N–H and O–H groups in total. The Bertz CT molecular complexity index is 495. The number of carboxylic acid groups (broad SMARTS) is 2. The third-order valence-corrected chi connectivity index (χ3v) is 5.32. The summed E-state index contributed by atoms with van der Waals surface area (Å²) < 4.78 is 0. The fourth-order valence-corrected chi connectivity index (χ4v) is 4.16. The lowest BCUT2D eigenvalue weighted by atomic mass is 9.84. The van der Waals surface area contributed by atoms with Crippen LogP contribution in [0.3, 0.4) is 0 Å². The van der Waals surface area contributed by atoms with Crippen molar-refractivity contribution in [1.82, 2.24) is 10.2 Å². The highest BCUT2D eigenvalue weighted by Crippen LogP contribution is 2.40. The van der Waals surface area contributed by atoms with Crippen molar-refractivity contribution in [3.63, 3.8) is 0 Å². The minimum absolute atomic E-state index is 0.0222. The first-order chi connectivity index (χ1) is 11.4. The minimum Gasteiger partial charge on any atom is -0.480 e. The molecule has 7 heteroatoms. The fourth-order valence-electron chi connectivity index (χ4n) is 4.16. The van der Waals surface area contributed by atoms with Crippen molar-refractivity contribution in [2.45, 2.75) is 83.0 Å². The fraction of sp³-hybridized carbons (Fsp3) is 0.824. The summed E-state index contributed by atoms with van der Waals surface area (Å²) in [4.78, 5) is 37.3. The molecule has 24 heavy (non-hydrogen) atoms. The van der Waals surface area contributed by atoms with Crippen LogP contribution >= 0.6 is 0 Å². The molecule has 2 fully saturated rings. The summed E-state index contributed by atoms with van der Waals surface area (Å²) in [5.41, 5.74) is 0. The van der Waals surface area contributed by atoms with Crippen LogP contribution in [0.2, 0.25) is 0 Å². The molecule has 7 nitrogen and oxygen atoms in total. The Morgan fingerprint density at radius 2 is 1.88 bits per heavy atom. The summed E-state index contributed by atoms with van der Waals surface area (Å²) in [5.74, 6) is -1.99. The van der Waals surface area contributed by atoms with Gasteiger partial charge < -0.3 is 15.1 Å². The van der Waals surface area contributed by atoms with Crippen LogP contribution < -0.4 is 5.32 Å². The van der Waals surface area contributed by atoms with Crippen LogP contribution in [0.25, 0.3) is 0 Å². The maximum atomic E-state index is 12.9. The Morgan fingerprint density at radius 1 is 1.21 bits per heavy atom. The van der Waals surface area contributed by atoms with Crippen molar-refractivity contribution in [2.75, 3.05) is 0 Å².